The average Bonchev–Trinajstić information content (AvgIpc) is 2.19. The Balaban J connectivity index is 3.25. The molecule has 1 heteroatoms. The summed E-state index contributed by atoms with van der Waals surface area (Å²) in [6.45, 7) is 8.45. The highest BCUT2D eigenvalue weighted by atomic mass is 14.3. The van der Waals surface area contributed by atoms with Gasteiger partial charge < -0.3 is 5.41 Å². The van der Waals surface area contributed by atoms with Crippen LogP contribution >= 0.6 is 0 Å². The molecule has 0 aromatic heterocycles. The molecule has 1 rings (SSSR count). The molecule has 0 heterocycles. The first-order valence-corrected chi connectivity index (χ1v) is 5.35. The maximum Gasteiger partial charge on any atom is 0.0259 e. The minimum Gasteiger partial charge on any atom is -0.308 e. The largest absolute Gasteiger partial charge is 0.308 e. The highest BCUT2D eigenvalue weighted by molar-refractivity contribution is 5.86. The molecule has 0 aliphatic heterocycles. The predicted molar refractivity (Wildman–Crippen MR) is 67.7 cm³/mol. The van der Waals surface area contributed by atoms with E-state index >= 15 is 0 Å². The fourth-order valence-corrected chi connectivity index (χ4v) is 1.56. The van der Waals surface area contributed by atoms with Gasteiger partial charge >= 0.3 is 0 Å². The zero-order valence-electron chi connectivity index (χ0n) is 9.96. The maximum atomic E-state index is 7.45. The monoisotopic (exact) mass is 201 g/mol. The van der Waals surface area contributed by atoms with Gasteiger partial charge in [0.15, 0.2) is 0 Å². The molecule has 15 heavy (non-hydrogen) atoms. The van der Waals surface area contributed by atoms with Gasteiger partial charge in [-0.3, -0.25) is 0 Å². The molecule has 0 saturated heterocycles. The summed E-state index contributed by atoms with van der Waals surface area (Å²) < 4.78 is 0. The van der Waals surface area contributed by atoms with Crippen LogP contribution < -0.4 is 0 Å². The highest BCUT2D eigenvalue weighted by Crippen LogP contribution is 2.19. The highest BCUT2D eigenvalue weighted by Gasteiger charge is 2.03. The normalized spacial score (nSPS) is 11.3. The average molecular weight is 201 g/mol. The van der Waals surface area contributed by atoms with Crippen molar-refractivity contribution in [3.63, 3.8) is 0 Å². The van der Waals surface area contributed by atoms with Crippen LogP contribution in [0, 0.1) is 25.2 Å². The van der Waals surface area contributed by atoms with E-state index in [1.54, 1.807) is 0 Å². The van der Waals surface area contributed by atoms with E-state index in [4.69, 9.17) is 5.41 Å². The molecule has 0 bridgehead atoms. The van der Waals surface area contributed by atoms with Gasteiger partial charge in [-0.2, -0.15) is 0 Å². The molecular weight excluding hydrogens is 182 g/mol. The summed E-state index contributed by atoms with van der Waals surface area (Å²) in [5.74, 6) is 0.545. The molecule has 1 aromatic rings. The summed E-state index contributed by atoms with van der Waals surface area (Å²) >= 11 is 0. The van der Waals surface area contributed by atoms with Gasteiger partial charge in [0, 0.05) is 11.8 Å². The van der Waals surface area contributed by atoms with Gasteiger partial charge in [-0.05, 0) is 36.5 Å². The summed E-state index contributed by atoms with van der Waals surface area (Å²) in [5.41, 5.74) is 4.61. The molecule has 1 aromatic carbocycles. The molecule has 0 saturated carbocycles. The van der Waals surface area contributed by atoms with Gasteiger partial charge in [0.2, 0.25) is 0 Å². The Hall–Kier alpha value is -1.37. The number of nitrogens with one attached hydrogen (secondary N) is 1. The Morgan fingerprint density at radius 1 is 1.07 bits per heavy atom. The van der Waals surface area contributed by atoms with E-state index in [2.05, 4.69) is 45.1 Å². The van der Waals surface area contributed by atoms with E-state index < -0.39 is 0 Å². The third kappa shape index (κ3) is 2.79. The van der Waals surface area contributed by atoms with Crippen LogP contribution in [0.15, 0.2) is 18.2 Å². The van der Waals surface area contributed by atoms with Crippen molar-refractivity contribution in [3.8, 4) is 0 Å². The van der Waals surface area contributed by atoms with Crippen molar-refractivity contribution in [1.29, 1.82) is 5.41 Å². The lowest BCUT2D eigenvalue weighted by atomic mass is 9.97. The topological polar surface area (TPSA) is 23.9 Å². The molecule has 1 N–H and O–H groups in total. The Labute approximate surface area is 92.3 Å². The fourth-order valence-electron chi connectivity index (χ4n) is 1.56. The van der Waals surface area contributed by atoms with Crippen LogP contribution in [0.5, 0.6) is 0 Å². The molecule has 0 aliphatic rings. The number of hydrogen-bond donors (Lipinski definition) is 1. The Morgan fingerprint density at radius 3 is 2.07 bits per heavy atom. The lowest BCUT2D eigenvalue weighted by Crippen LogP contribution is -1.94. The summed E-state index contributed by atoms with van der Waals surface area (Å²) in [4.78, 5) is 0. The number of hydrogen-bond acceptors (Lipinski definition) is 1. The molecule has 0 spiro atoms. The van der Waals surface area contributed by atoms with Crippen LogP contribution in [0.1, 0.15) is 36.1 Å². The van der Waals surface area contributed by atoms with E-state index in [1.165, 1.54) is 22.9 Å². The lowest BCUT2D eigenvalue weighted by molar-refractivity contribution is 0.836. The fraction of sp³-hybridized carbons (Fsp3) is 0.357. The molecule has 0 amide bonds. The summed E-state index contributed by atoms with van der Waals surface area (Å²) in [6.07, 6.45) is 5.75. The van der Waals surface area contributed by atoms with Crippen LogP contribution in [-0.2, 0) is 0 Å². The SMILES string of the molecule is Cc1ccc(C)c(/C=C\C(C)C)c1C=N. The second-order valence-corrected chi connectivity index (χ2v) is 4.27. The molecule has 0 radical (unpaired) electrons. The van der Waals surface area contributed by atoms with Crippen LogP contribution in [0.25, 0.3) is 6.08 Å². The van der Waals surface area contributed by atoms with Crippen LogP contribution in [0.2, 0.25) is 0 Å². The van der Waals surface area contributed by atoms with Crippen molar-refractivity contribution in [3.05, 3.63) is 40.5 Å². The minimum absolute atomic E-state index is 0.545. The first kappa shape index (κ1) is 11.7. The quantitative estimate of drug-likeness (QED) is 0.715. The van der Waals surface area contributed by atoms with Crippen molar-refractivity contribution in [2.75, 3.05) is 0 Å². The molecular formula is C14H19N. The van der Waals surface area contributed by atoms with Gasteiger partial charge in [-0.1, -0.05) is 38.1 Å². The number of rotatable bonds is 3. The van der Waals surface area contributed by atoms with Crippen molar-refractivity contribution < 1.29 is 0 Å². The van der Waals surface area contributed by atoms with Crippen LogP contribution in [0.4, 0.5) is 0 Å². The number of aryl methyl sites for hydroxylation is 2. The Morgan fingerprint density at radius 2 is 1.60 bits per heavy atom. The Bertz CT molecular complexity index is 387. The first-order chi connectivity index (χ1) is 7.06. The van der Waals surface area contributed by atoms with E-state index in [0.29, 0.717) is 5.92 Å². The number of benzene rings is 1. The molecule has 0 aliphatic carbocycles. The van der Waals surface area contributed by atoms with Gasteiger partial charge in [0.25, 0.3) is 0 Å². The van der Waals surface area contributed by atoms with Crippen LogP contribution in [-0.4, -0.2) is 6.21 Å². The molecule has 1 nitrogen and oxygen atoms in total. The van der Waals surface area contributed by atoms with E-state index in [-0.39, 0.29) is 0 Å². The van der Waals surface area contributed by atoms with Gasteiger partial charge in [0.1, 0.15) is 0 Å². The lowest BCUT2D eigenvalue weighted by Gasteiger charge is -2.08. The van der Waals surface area contributed by atoms with Crippen molar-refractivity contribution in [1.82, 2.24) is 0 Å². The van der Waals surface area contributed by atoms with E-state index in [0.717, 1.165) is 5.56 Å². The predicted octanol–water partition coefficient (Wildman–Crippen LogP) is 3.97. The standard InChI is InChI=1S/C14H19N/c1-10(2)5-8-13-11(3)6-7-12(4)14(13)9-15/h5-10,15H,1-4H3/b8-5-,15-9?. The molecule has 0 atom stereocenters. The smallest absolute Gasteiger partial charge is 0.0259 e. The van der Waals surface area contributed by atoms with Crippen LogP contribution in [0.3, 0.4) is 0 Å². The third-order valence-electron chi connectivity index (χ3n) is 2.52. The second kappa shape index (κ2) is 4.92. The summed E-state index contributed by atoms with van der Waals surface area (Å²) in [5, 5.41) is 7.45. The summed E-state index contributed by atoms with van der Waals surface area (Å²) in [7, 11) is 0. The van der Waals surface area contributed by atoms with Gasteiger partial charge in [0.05, 0.1) is 0 Å². The van der Waals surface area contributed by atoms with Crippen molar-refractivity contribution >= 4 is 12.3 Å². The van der Waals surface area contributed by atoms with E-state index in [1.807, 2.05) is 6.92 Å². The second-order valence-electron chi connectivity index (χ2n) is 4.27. The maximum absolute atomic E-state index is 7.45. The molecule has 0 fully saturated rings. The molecule has 80 valence electrons. The zero-order chi connectivity index (χ0) is 11.4. The summed E-state index contributed by atoms with van der Waals surface area (Å²) in [6, 6.07) is 4.19. The molecule has 0 unspecified atom stereocenters. The first-order valence-electron chi connectivity index (χ1n) is 5.35. The van der Waals surface area contributed by atoms with Gasteiger partial charge in [-0.25, -0.2) is 0 Å². The third-order valence-corrected chi connectivity index (χ3v) is 2.52. The zero-order valence-corrected chi connectivity index (χ0v) is 9.96. The minimum atomic E-state index is 0.545. The van der Waals surface area contributed by atoms with Crippen molar-refractivity contribution in [2.45, 2.75) is 27.7 Å². The number of allylic oxidation sites excluding steroid dienone is 1. The van der Waals surface area contributed by atoms with Gasteiger partial charge in [-0.15, -0.1) is 0 Å². The Kier molecular flexibility index (Phi) is 3.84. The van der Waals surface area contributed by atoms with E-state index in [9.17, 15) is 0 Å². The van der Waals surface area contributed by atoms with Crippen molar-refractivity contribution in [2.24, 2.45) is 5.92 Å².